The van der Waals surface area contributed by atoms with Gasteiger partial charge < -0.3 is 9.29 Å². The van der Waals surface area contributed by atoms with Crippen molar-refractivity contribution in [3.63, 3.8) is 0 Å². The zero-order valence-electron chi connectivity index (χ0n) is 7.54. The Morgan fingerprint density at radius 1 is 1.47 bits per heavy atom. The molecule has 7 heteroatoms. The molecule has 0 bridgehead atoms. The van der Waals surface area contributed by atoms with E-state index in [9.17, 15) is 17.4 Å². The van der Waals surface area contributed by atoms with Gasteiger partial charge in [-0.05, 0) is 12.1 Å². The van der Waals surface area contributed by atoms with Crippen LogP contribution in [0.2, 0.25) is 0 Å². The van der Waals surface area contributed by atoms with Crippen LogP contribution in [0.15, 0.2) is 12.1 Å². The molecule has 2 unspecified atom stereocenters. The summed E-state index contributed by atoms with van der Waals surface area (Å²) in [5.41, 5.74) is -3.14. The van der Waals surface area contributed by atoms with Crippen LogP contribution in [-0.2, 0) is 11.1 Å². The number of benzene rings is 1. The summed E-state index contributed by atoms with van der Waals surface area (Å²) < 4.78 is 62.3. The molecule has 3 nitrogen and oxygen atoms in total. The molecule has 0 aromatic heterocycles. The van der Waals surface area contributed by atoms with Crippen molar-refractivity contribution in [2.75, 3.05) is 7.11 Å². The minimum absolute atomic E-state index is 0.714. The van der Waals surface area contributed by atoms with Crippen molar-refractivity contribution in [2.45, 2.75) is 5.50 Å². The highest BCUT2D eigenvalue weighted by atomic mass is 32.2. The third-order valence-electron chi connectivity index (χ3n) is 1.70. The van der Waals surface area contributed by atoms with Crippen molar-refractivity contribution in [3.05, 3.63) is 29.3 Å². The van der Waals surface area contributed by atoms with Crippen LogP contribution in [0.1, 0.15) is 11.1 Å². The summed E-state index contributed by atoms with van der Waals surface area (Å²) in [6.45, 7) is 0. The Morgan fingerprint density at radius 3 is 2.53 bits per heavy atom. The van der Waals surface area contributed by atoms with Crippen molar-refractivity contribution in [1.82, 2.24) is 0 Å². The first-order valence-corrected chi connectivity index (χ1v) is 4.91. The second-order valence-electron chi connectivity index (χ2n) is 2.58. The van der Waals surface area contributed by atoms with E-state index in [1.165, 1.54) is 0 Å². The zero-order valence-corrected chi connectivity index (χ0v) is 8.35. The number of methoxy groups -OCH3 is 1. The average molecular weight is 240 g/mol. The van der Waals surface area contributed by atoms with Crippen molar-refractivity contribution >= 4 is 11.1 Å². The van der Waals surface area contributed by atoms with Gasteiger partial charge in [0.1, 0.15) is 0 Å². The molecular formula is C8H7F3O3S. The fraction of sp³-hybridized carbons (Fsp3) is 0.250. The van der Waals surface area contributed by atoms with E-state index in [2.05, 4.69) is 4.74 Å². The molecule has 0 spiro atoms. The number of hydrogen-bond donors (Lipinski definition) is 1. The maximum Gasteiger partial charge on any atom is 0.228 e. The highest BCUT2D eigenvalue weighted by Crippen LogP contribution is 2.30. The van der Waals surface area contributed by atoms with Crippen molar-refractivity contribution < 1.29 is 26.7 Å². The van der Waals surface area contributed by atoms with E-state index < -0.39 is 39.5 Å². The predicted octanol–water partition coefficient (Wildman–Crippen LogP) is 2.16. The number of halogens is 3. The van der Waals surface area contributed by atoms with Crippen LogP contribution in [0.25, 0.3) is 0 Å². The van der Waals surface area contributed by atoms with E-state index in [-0.39, 0.29) is 0 Å². The predicted molar refractivity (Wildman–Crippen MR) is 47.5 cm³/mol. The molecule has 0 fully saturated rings. The first-order chi connectivity index (χ1) is 6.99. The number of hydrogen-bond acceptors (Lipinski definition) is 2. The molecule has 0 aliphatic carbocycles. The topological polar surface area (TPSA) is 46.5 Å². The average Bonchev–Trinajstić information content (AvgIpc) is 2.17. The molecule has 0 radical (unpaired) electrons. The van der Waals surface area contributed by atoms with Crippen LogP contribution >= 0.6 is 0 Å². The fourth-order valence-corrected chi connectivity index (χ4v) is 1.42. The first kappa shape index (κ1) is 12.0. The van der Waals surface area contributed by atoms with Gasteiger partial charge in [-0.1, -0.05) is 0 Å². The van der Waals surface area contributed by atoms with Crippen LogP contribution in [-0.4, -0.2) is 15.9 Å². The molecule has 84 valence electrons. The normalized spacial score (nSPS) is 14.7. The lowest BCUT2D eigenvalue weighted by Crippen LogP contribution is -2.05. The Hall–Kier alpha value is -1.08. The third-order valence-corrected chi connectivity index (χ3v) is 2.31. The Balaban J connectivity index is 3.27. The summed E-state index contributed by atoms with van der Waals surface area (Å²) in [6, 6.07) is 1.52. The molecule has 1 aromatic carbocycles. The molecule has 1 rings (SSSR count). The van der Waals surface area contributed by atoms with Gasteiger partial charge in [-0.25, -0.2) is 17.4 Å². The maximum absolute atomic E-state index is 13.3. The standard InChI is InChI=1S/C8H7F3O3S/c1-14-7-5(9)3-2-4(6(7)10)8(11)15(12)13/h2-3,8H,1H3,(H,12,13). The van der Waals surface area contributed by atoms with E-state index in [1.54, 1.807) is 0 Å². The monoisotopic (exact) mass is 240 g/mol. The summed E-state index contributed by atoms with van der Waals surface area (Å²) in [5, 5.41) is 0. The van der Waals surface area contributed by atoms with Crippen molar-refractivity contribution in [1.29, 1.82) is 0 Å². The lowest BCUT2D eigenvalue weighted by molar-refractivity contribution is 0.347. The highest BCUT2D eigenvalue weighted by Gasteiger charge is 2.24. The minimum Gasteiger partial charge on any atom is -0.491 e. The van der Waals surface area contributed by atoms with Gasteiger partial charge in [0.2, 0.25) is 5.50 Å². The molecular weight excluding hydrogens is 233 g/mol. The molecule has 0 amide bonds. The zero-order chi connectivity index (χ0) is 11.6. The first-order valence-electron chi connectivity index (χ1n) is 3.74. The summed E-state index contributed by atoms with van der Waals surface area (Å²) in [5.74, 6) is -3.09. The molecule has 2 atom stereocenters. The van der Waals surface area contributed by atoms with Gasteiger partial charge in [0.15, 0.2) is 28.5 Å². The lowest BCUT2D eigenvalue weighted by Gasteiger charge is -2.09. The van der Waals surface area contributed by atoms with Crippen molar-refractivity contribution in [3.8, 4) is 5.75 Å². The smallest absolute Gasteiger partial charge is 0.228 e. The van der Waals surface area contributed by atoms with Crippen LogP contribution in [0.3, 0.4) is 0 Å². The summed E-state index contributed by atoms with van der Waals surface area (Å²) >= 11 is -2.87. The molecule has 1 N–H and O–H groups in total. The van der Waals surface area contributed by atoms with Gasteiger partial charge in [-0.3, -0.25) is 0 Å². The Labute approximate surface area is 86.1 Å². The number of rotatable bonds is 3. The molecule has 0 aliphatic rings. The van der Waals surface area contributed by atoms with E-state index in [0.29, 0.717) is 0 Å². The molecule has 0 heterocycles. The van der Waals surface area contributed by atoms with E-state index in [0.717, 1.165) is 19.2 Å². The minimum atomic E-state index is -2.87. The van der Waals surface area contributed by atoms with Gasteiger partial charge >= 0.3 is 0 Å². The van der Waals surface area contributed by atoms with E-state index >= 15 is 0 Å². The largest absolute Gasteiger partial charge is 0.491 e. The molecule has 15 heavy (non-hydrogen) atoms. The molecule has 0 saturated carbocycles. The fourth-order valence-electron chi connectivity index (χ4n) is 1.02. The third kappa shape index (κ3) is 2.29. The lowest BCUT2D eigenvalue weighted by atomic mass is 10.2. The summed E-state index contributed by atoms with van der Waals surface area (Å²) in [6.07, 6.45) is 0. The van der Waals surface area contributed by atoms with Gasteiger partial charge in [-0.2, -0.15) is 0 Å². The van der Waals surface area contributed by atoms with E-state index in [4.69, 9.17) is 4.55 Å². The number of ether oxygens (including phenoxy) is 1. The Morgan fingerprint density at radius 2 is 2.07 bits per heavy atom. The van der Waals surface area contributed by atoms with Gasteiger partial charge in [0.25, 0.3) is 0 Å². The Kier molecular flexibility index (Phi) is 3.70. The molecule has 0 aliphatic heterocycles. The quantitative estimate of drug-likeness (QED) is 0.823. The molecule has 1 aromatic rings. The van der Waals surface area contributed by atoms with Crippen LogP contribution < -0.4 is 4.74 Å². The van der Waals surface area contributed by atoms with Crippen LogP contribution in [0, 0.1) is 11.6 Å². The summed E-state index contributed by atoms with van der Waals surface area (Å²) in [4.78, 5) is 0. The van der Waals surface area contributed by atoms with Crippen molar-refractivity contribution in [2.24, 2.45) is 0 Å². The van der Waals surface area contributed by atoms with Gasteiger partial charge in [-0.15, -0.1) is 0 Å². The number of alkyl halides is 1. The summed E-state index contributed by atoms with van der Waals surface area (Å²) in [7, 11) is 1.01. The SMILES string of the molecule is COc1c(F)ccc(C(F)S(=O)O)c1F. The molecule has 0 saturated heterocycles. The van der Waals surface area contributed by atoms with Gasteiger partial charge in [0.05, 0.1) is 7.11 Å². The second-order valence-corrected chi connectivity index (χ2v) is 3.54. The van der Waals surface area contributed by atoms with Crippen LogP contribution in [0.5, 0.6) is 5.75 Å². The second kappa shape index (κ2) is 4.63. The highest BCUT2D eigenvalue weighted by molar-refractivity contribution is 7.79. The van der Waals surface area contributed by atoms with E-state index in [1.807, 2.05) is 0 Å². The van der Waals surface area contributed by atoms with Crippen LogP contribution in [0.4, 0.5) is 13.2 Å². The maximum atomic E-state index is 13.3. The Bertz CT molecular complexity index is 397. The van der Waals surface area contributed by atoms with Gasteiger partial charge in [0, 0.05) is 5.56 Å².